The number of rotatable bonds is 10. The van der Waals surface area contributed by atoms with Crippen molar-refractivity contribution in [3.63, 3.8) is 0 Å². The molecule has 10 nitrogen and oxygen atoms in total. The first kappa shape index (κ1) is 20.7. The molecule has 25 heavy (non-hydrogen) atoms. The molecule has 1 fully saturated rings. The van der Waals surface area contributed by atoms with E-state index >= 15 is 0 Å². The van der Waals surface area contributed by atoms with Gasteiger partial charge >= 0.3 is 5.97 Å². The van der Waals surface area contributed by atoms with Crippen LogP contribution in [0.1, 0.15) is 38.5 Å². The van der Waals surface area contributed by atoms with Crippen molar-refractivity contribution in [2.45, 2.75) is 50.6 Å². The number of amides is 2. The number of guanidine groups is 1. The van der Waals surface area contributed by atoms with Gasteiger partial charge in [0.25, 0.3) is 0 Å². The molecule has 0 spiro atoms. The minimum Gasteiger partial charge on any atom is -0.481 e. The van der Waals surface area contributed by atoms with E-state index in [9.17, 15) is 14.4 Å². The van der Waals surface area contributed by atoms with Crippen LogP contribution >= 0.6 is 0 Å². The van der Waals surface area contributed by atoms with Crippen molar-refractivity contribution in [1.82, 2.24) is 15.5 Å². The molecule has 8 N–H and O–H groups in total. The third kappa shape index (κ3) is 7.38. The largest absolute Gasteiger partial charge is 0.481 e. The highest BCUT2D eigenvalue weighted by atomic mass is 16.4. The lowest BCUT2D eigenvalue weighted by atomic mass is 10.1. The number of likely N-dealkylation sites (tertiary alicyclic amines) is 1. The predicted molar refractivity (Wildman–Crippen MR) is 91.7 cm³/mol. The van der Waals surface area contributed by atoms with E-state index in [1.807, 2.05) is 0 Å². The first-order valence-electron chi connectivity index (χ1n) is 8.46. The molecule has 1 saturated heterocycles. The zero-order valence-electron chi connectivity index (χ0n) is 14.3. The first-order valence-corrected chi connectivity index (χ1v) is 8.46. The molecule has 10 heteroatoms. The number of carboxylic acids is 1. The predicted octanol–water partition coefficient (Wildman–Crippen LogP) is -1.45. The van der Waals surface area contributed by atoms with Gasteiger partial charge in [-0.25, -0.2) is 0 Å². The number of hydrogen-bond acceptors (Lipinski definition) is 5. The Morgan fingerprint density at radius 1 is 1.24 bits per heavy atom. The average Bonchev–Trinajstić information content (AvgIpc) is 3.04. The van der Waals surface area contributed by atoms with E-state index in [1.165, 1.54) is 4.90 Å². The zero-order valence-corrected chi connectivity index (χ0v) is 14.3. The van der Waals surface area contributed by atoms with Crippen LogP contribution in [0.4, 0.5) is 0 Å². The minimum atomic E-state index is -1.00. The molecule has 2 atom stereocenters. The first-order chi connectivity index (χ1) is 11.8. The Hall–Kier alpha value is -2.36. The molecular formula is C15H28N6O4. The van der Waals surface area contributed by atoms with Crippen molar-refractivity contribution in [1.29, 1.82) is 5.41 Å². The number of carbonyl (C=O) groups is 3. The van der Waals surface area contributed by atoms with Crippen LogP contribution in [0.15, 0.2) is 0 Å². The van der Waals surface area contributed by atoms with Crippen LogP contribution in [0.2, 0.25) is 0 Å². The van der Waals surface area contributed by atoms with Crippen LogP contribution in [0.5, 0.6) is 0 Å². The summed E-state index contributed by atoms with van der Waals surface area (Å²) in [5, 5.41) is 21.2. The van der Waals surface area contributed by atoms with E-state index in [2.05, 4.69) is 10.6 Å². The zero-order chi connectivity index (χ0) is 18.8. The van der Waals surface area contributed by atoms with Gasteiger partial charge in [0.1, 0.15) is 6.04 Å². The Morgan fingerprint density at radius 2 is 1.88 bits per heavy atom. The van der Waals surface area contributed by atoms with Gasteiger partial charge in [0.2, 0.25) is 11.8 Å². The fourth-order valence-corrected chi connectivity index (χ4v) is 2.72. The number of aliphatic carboxylic acids is 1. The molecule has 0 aliphatic carbocycles. The van der Waals surface area contributed by atoms with Crippen LogP contribution in [-0.2, 0) is 14.4 Å². The summed E-state index contributed by atoms with van der Waals surface area (Å²) in [5.41, 5.74) is 10.9. The molecule has 0 bridgehead atoms. The lowest BCUT2D eigenvalue weighted by Gasteiger charge is -2.26. The Kier molecular flexibility index (Phi) is 8.68. The number of carbonyl (C=O) groups excluding carboxylic acids is 2. The Labute approximate surface area is 146 Å². The van der Waals surface area contributed by atoms with Crippen molar-refractivity contribution >= 4 is 23.7 Å². The third-order valence-electron chi connectivity index (χ3n) is 4.04. The summed E-state index contributed by atoms with van der Waals surface area (Å²) in [4.78, 5) is 36.7. The van der Waals surface area contributed by atoms with Crippen LogP contribution in [0.3, 0.4) is 0 Å². The quantitative estimate of drug-likeness (QED) is 0.158. The third-order valence-corrected chi connectivity index (χ3v) is 4.04. The van der Waals surface area contributed by atoms with Gasteiger partial charge in [0, 0.05) is 26.1 Å². The number of nitrogens with one attached hydrogen (secondary N) is 3. The number of unbranched alkanes of at least 4 members (excludes halogenated alkanes) is 1. The summed E-state index contributed by atoms with van der Waals surface area (Å²) >= 11 is 0. The monoisotopic (exact) mass is 356 g/mol. The van der Waals surface area contributed by atoms with E-state index in [-0.39, 0.29) is 30.6 Å². The van der Waals surface area contributed by atoms with Gasteiger partial charge in [-0.1, -0.05) is 0 Å². The van der Waals surface area contributed by atoms with Crippen molar-refractivity contribution in [2.75, 3.05) is 19.6 Å². The highest BCUT2D eigenvalue weighted by molar-refractivity contribution is 5.90. The second-order valence-electron chi connectivity index (χ2n) is 6.07. The maximum Gasteiger partial charge on any atom is 0.303 e. The lowest BCUT2D eigenvalue weighted by Crippen LogP contribution is -2.51. The molecule has 0 aromatic carbocycles. The molecule has 0 radical (unpaired) electrons. The molecule has 2 amide bonds. The van der Waals surface area contributed by atoms with Gasteiger partial charge in [0.05, 0.1) is 6.04 Å². The maximum atomic E-state index is 12.3. The molecule has 1 heterocycles. The molecule has 0 saturated carbocycles. The van der Waals surface area contributed by atoms with E-state index in [1.54, 1.807) is 0 Å². The molecule has 142 valence electrons. The summed E-state index contributed by atoms with van der Waals surface area (Å²) in [6, 6.07) is -1.44. The number of carboxylic acid groups (broad SMARTS) is 1. The van der Waals surface area contributed by atoms with E-state index in [4.69, 9.17) is 22.0 Å². The molecule has 0 unspecified atom stereocenters. The van der Waals surface area contributed by atoms with Crippen molar-refractivity contribution in [2.24, 2.45) is 11.5 Å². The Morgan fingerprint density at radius 3 is 2.48 bits per heavy atom. The molecule has 0 aromatic rings. The van der Waals surface area contributed by atoms with Gasteiger partial charge in [-0.3, -0.25) is 19.8 Å². The van der Waals surface area contributed by atoms with Crippen LogP contribution in [-0.4, -0.2) is 65.5 Å². The standard InChI is InChI=1S/C15H28N6O4/c16-10(5-6-12(22)23)14(25)21-9-3-4-11(21)13(24)19-7-1-2-8-20-15(17)18/h10-11H,1-9,16H2,(H,19,24)(H,22,23)(H4,17,18,20)/t10-,11+/m1/s1. The maximum absolute atomic E-state index is 12.3. The van der Waals surface area contributed by atoms with E-state index < -0.39 is 18.1 Å². The van der Waals surface area contributed by atoms with Crippen LogP contribution < -0.4 is 22.1 Å². The summed E-state index contributed by atoms with van der Waals surface area (Å²) in [6.07, 6.45) is 2.67. The van der Waals surface area contributed by atoms with Crippen LogP contribution in [0.25, 0.3) is 0 Å². The topological polar surface area (TPSA) is 175 Å². The second-order valence-corrected chi connectivity index (χ2v) is 6.07. The Balaban J connectivity index is 2.37. The van der Waals surface area contributed by atoms with Crippen molar-refractivity contribution < 1.29 is 19.5 Å². The van der Waals surface area contributed by atoms with Gasteiger partial charge in [-0.2, -0.15) is 0 Å². The van der Waals surface area contributed by atoms with Crippen molar-refractivity contribution in [3.05, 3.63) is 0 Å². The smallest absolute Gasteiger partial charge is 0.303 e. The molecular weight excluding hydrogens is 328 g/mol. The summed E-state index contributed by atoms with van der Waals surface area (Å²) in [7, 11) is 0. The molecule has 1 aliphatic heterocycles. The van der Waals surface area contributed by atoms with Gasteiger partial charge < -0.3 is 32.1 Å². The summed E-state index contributed by atoms with van der Waals surface area (Å²) in [5.74, 6) is -1.66. The highest BCUT2D eigenvalue weighted by Crippen LogP contribution is 2.19. The molecule has 0 aromatic heterocycles. The fourth-order valence-electron chi connectivity index (χ4n) is 2.72. The van der Waals surface area contributed by atoms with Gasteiger partial charge in [0.15, 0.2) is 5.96 Å². The van der Waals surface area contributed by atoms with Gasteiger partial charge in [-0.05, 0) is 32.1 Å². The second kappa shape index (κ2) is 10.5. The van der Waals surface area contributed by atoms with E-state index in [0.29, 0.717) is 26.1 Å². The highest BCUT2D eigenvalue weighted by Gasteiger charge is 2.35. The van der Waals surface area contributed by atoms with Crippen LogP contribution in [0, 0.1) is 5.41 Å². The molecule has 1 rings (SSSR count). The number of hydrogen-bond donors (Lipinski definition) is 6. The SMILES string of the molecule is N=C(N)NCCCCNC(=O)[C@@H]1CCCN1C(=O)[C@H](N)CCC(=O)O. The Bertz CT molecular complexity index is 498. The fraction of sp³-hybridized carbons (Fsp3) is 0.733. The lowest BCUT2D eigenvalue weighted by molar-refractivity contribution is -0.140. The summed E-state index contributed by atoms with van der Waals surface area (Å²) < 4.78 is 0. The molecule has 1 aliphatic rings. The minimum absolute atomic E-state index is 0.0577. The number of nitrogens with zero attached hydrogens (tertiary/aromatic N) is 1. The average molecular weight is 356 g/mol. The summed E-state index contributed by atoms with van der Waals surface area (Å²) in [6.45, 7) is 1.50. The van der Waals surface area contributed by atoms with E-state index in [0.717, 1.165) is 19.3 Å². The normalized spacial score (nSPS) is 17.8. The van der Waals surface area contributed by atoms with Gasteiger partial charge in [-0.15, -0.1) is 0 Å². The number of nitrogens with two attached hydrogens (primary N) is 2. The van der Waals surface area contributed by atoms with Crippen molar-refractivity contribution in [3.8, 4) is 0 Å².